The van der Waals surface area contributed by atoms with Crippen LogP contribution in [0.4, 0.5) is 0 Å². The van der Waals surface area contributed by atoms with Gasteiger partial charge in [0.2, 0.25) is 0 Å². The van der Waals surface area contributed by atoms with Gasteiger partial charge in [-0.2, -0.15) is 0 Å². The summed E-state index contributed by atoms with van der Waals surface area (Å²) in [6.07, 6.45) is 7.63. The van der Waals surface area contributed by atoms with Gasteiger partial charge >= 0.3 is 5.97 Å². The highest BCUT2D eigenvalue weighted by Crippen LogP contribution is 2.17. The van der Waals surface area contributed by atoms with E-state index in [0.717, 1.165) is 5.56 Å². The summed E-state index contributed by atoms with van der Waals surface area (Å²) < 4.78 is 0. The molecule has 1 unspecified atom stereocenters. The highest BCUT2D eigenvalue weighted by molar-refractivity contribution is 5.68. The van der Waals surface area contributed by atoms with Gasteiger partial charge in [-0.25, -0.2) is 0 Å². The van der Waals surface area contributed by atoms with Gasteiger partial charge in [-0.3, -0.25) is 10.1 Å². The van der Waals surface area contributed by atoms with Crippen LogP contribution < -0.4 is 10.6 Å². The Morgan fingerprint density at radius 2 is 2.11 bits per heavy atom. The van der Waals surface area contributed by atoms with Crippen molar-refractivity contribution in [2.24, 2.45) is 0 Å². The summed E-state index contributed by atoms with van der Waals surface area (Å²) >= 11 is 0. The van der Waals surface area contributed by atoms with Gasteiger partial charge in [0.1, 0.15) is 0 Å². The van der Waals surface area contributed by atoms with Gasteiger partial charge in [-0.05, 0) is 23.9 Å². The third kappa shape index (κ3) is 3.46. The van der Waals surface area contributed by atoms with Crippen molar-refractivity contribution in [2.45, 2.75) is 18.6 Å². The molecule has 0 aliphatic carbocycles. The van der Waals surface area contributed by atoms with Crippen LogP contribution in [0.1, 0.15) is 18.0 Å². The number of benzene rings is 1. The summed E-state index contributed by atoms with van der Waals surface area (Å²) in [6, 6.07) is 9.40. The van der Waals surface area contributed by atoms with Gasteiger partial charge in [0.25, 0.3) is 0 Å². The minimum absolute atomic E-state index is 0.0421. The fourth-order valence-corrected chi connectivity index (χ4v) is 1.90. The summed E-state index contributed by atoms with van der Waals surface area (Å²) in [7, 11) is 0. The lowest BCUT2D eigenvalue weighted by atomic mass is 10.0. The van der Waals surface area contributed by atoms with Crippen molar-refractivity contribution in [1.29, 1.82) is 0 Å². The van der Waals surface area contributed by atoms with Crippen LogP contribution >= 0.6 is 0 Å². The van der Waals surface area contributed by atoms with Gasteiger partial charge in [-0.15, -0.1) is 0 Å². The number of dihydropyridines is 1. The lowest BCUT2D eigenvalue weighted by Crippen LogP contribution is -2.41. The van der Waals surface area contributed by atoms with Crippen molar-refractivity contribution in [3.05, 3.63) is 60.3 Å². The van der Waals surface area contributed by atoms with Gasteiger partial charge in [0.05, 0.1) is 12.6 Å². The number of carboxylic acid groups (broad SMARTS) is 1. The standard InChI is InChI=1S/C14H16N2O2/c17-14(18)10-12(11-6-2-1-3-7-11)16-13-8-4-5-9-15-13/h1-9,12-13,15-16H,10H2,(H,17,18)/t12-,13?/m0/s1. The molecule has 94 valence electrons. The molecule has 1 aromatic carbocycles. The zero-order valence-corrected chi connectivity index (χ0v) is 9.91. The van der Waals surface area contributed by atoms with Crippen LogP contribution in [0.3, 0.4) is 0 Å². The minimum Gasteiger partial charge on any atom is -0.481 e. The van der Waals surface area contributed by atoms with Gasteiger partial charge in [0.15, 0.2) is 0 Å². The molecule has 0 radical (unpaired) electrons. The number of hydrogen-bond donors (Lipinski definition) is 3. The summed E-state index contributed by atoms with van der Waals surface area (Å²) in [5, 5.41) is 15.4. The molecule has 18 heavy (non-hydrogen) atoms. The Morgan fingerprint density at radius 3 is 2.72 bits per heavy atom. The first-order valence-electron chi connectivity index (χ1n) is 5.88. The number of carboxylic acids is 1. The number of rotatable bonds is 5. The third-order valence-electron chi connectivity index (χ3n) is 2.75. The topological polar surface area (TPSA) is 61.4 Å². The minimum atomic E-state index is -0.813. The highest BCUT2D eigenvalue weighted by Gasteiger charge is 2.18. The average Bonchev–Trinajstić information content (AvgIpc) is 2.40. The molecule has 2 rings (SSSR count). The van der Waals surface area contributed by atoms with E-state index in [-0.39, 0.29) is 18.6 Å². The predicted molar refractivity (Wildman–Crippen MR) is 69.8 cm³/mol. The van der Waals surface area contributed by atoms with Gasteiger partial charge in [-0.1, -0.05) is 36.4 Å². The zero-order chi connectivity index (χ0) is 12.8. The molecule has 0 fully saturated rings. The Bertz CT molecular complexity index is 454. The smallest absolute Gasteiger partial charge is 0.305 e. The molecule has 0 amide bonds. The van der Waals surface area contributed by atoms with E-state index in [1.165, 1.54) is 0 Å². The van der Waals surface area contributed by atoms with Crippen LogP contribution in [0.15, 0.2) is 54.8 Å². The first kappa shape index (κ1) is 12.4. The Hall–Kier alpha value is -2.07. The number of hydrogen-bond acceptors (Lipinski definition) is 3. The zero-order valence-electron chi connectivity index (χ0n) is 9.91. The monoisotopic (exact) mass is 244 g/mol. The average molecular weight is 244 g/mol. The molecule has 0 saturated heterocycles. The van der Waals surface area contributed by atoms with E-state index < -0.39 is 5.97 Å². The molecule has 0 saturated carbocycles. The van der Waals surface area contributed by atoms with Crippen molar-refractivity contribution in [3.63, 3.8) is 0 Å². The van der Waals surface area contributed by atoms with Gasteiger partial charge < -0.3 is 10.4 Å². The fourth-order valence-electron chi connectivity index (χ4n) is 1.90. The van der Waals surface area contributed by atoms with Crippen LogP contribution in [-0.4, -0.2) is 17.2 Å². The van der Waals surface area contributed by atoms with Crippen molar-refractivity contribution >= 4 is 5.97 Å². The summed E-state index contributed by atoms with van der Waals surface area (Å²) in [5.41, 5.74) is 0.977. The second kappa shape index (κ2) is 6.02. The Morgan fingerprint density at radius 1 is 1.33 bits per heavy atom. The van der Waals surface area contributed by atoms with Crippen LogP contribution in [-0.2, 0) is 4.79 Å². The van der Waals surface area contributed by atoms with E-state index in [1.807, 2.05) is 54.8 Å². The van der Waals surface area contributed by atoms with Gasteiger partial charge in [0, 0.05) is 6.04 Å². The number of nitrogens with one attached hydrogen (secondary N) is 2. The summed E-state index contributed by atoms with van der Waals surface area (Å²) in [4.78, 5) is 10.9. The molecular weight excluding hydrogens is 228 g/mol. The van der Waals surface area contributed by atoms with Crippen LogP contribution in [0, 0.1) is 0 Å². The van der Waals surface area contributed by atoms with Crippen LogP contribution in [0.2, 0.25) is 0 Å². The fraction of sp³-hybridized carbons (Fsp3) is 0.214. The van der Waals surface area contributed by atoms with E-state index in [9.17, 15) is 4.79 Å². The predicted octanol–water partition coefficient (Wildman–Crippen LogP) is 1.79. The highest BCUT2D eigenvalue weighted by atomic mass is 16.4. The lowest BCUT2D eigenvalue weighted by Gasteiger charge is -2.24. The Kier molecular flexibility index (Phi) is 4.15. The molecule has 1 aliphatic heterocycles. The largest absolute Gasteiger partial charge is 0.481 e. The molecule has 3 N–H and O–H groups in total. The first-order chi connectivity index (χ1) is 8.75. The van der Waals surface area contributed by atoms with E-state index >= 15 is 0 Å². The molecule has 1 aromatic rings. The number of carbonyl (C=O) groups is 1. The maximum atomic E-state index is 10.9. The lowest BCUT2D eigenvalue weighted by molar-refractivity contribution is -0.137. The third-order valence-corrected chi connectivity index (χ3v) is 2.75. The molecule has 1 heterocycles. The molecule has 2 atom stereocenters. The Labute approximate surface area is 106 Å². The normalized spacial score (nSPS) is 19.2. The SMILES string of the molecule is O=C(O)C[C@H](NC1C=CC=CN1)c1ccccc1. The second-order valence-electron chi connectivity index (χ2n) is 4.12. The van der Waals surface area contributed by atoms with E-state index in [0.29, 0.717) is 0 Å². The van der Waals surface area contributed by atoms with Crippen LogP contribution in [0.5, 0.6) is 0 Å². The maximum absolute atomic E-state index is 10.9. The Balaban J connectivity index is 2.08. The molecular formula is C14H16N2O2. The quantitative estimate of drug-likeness (QED) is 0.739. The number of allylic oxidation sites excluding steroid dienone is 2. The van der Waals surface area contributed by atoms with E-state index in [4.69, 9.17) is 5.11 Å². The molecule has 4 nitrogen and oxygen atoms in total. The van der Waals surface area contributed by atoms with E-state index in [2.05, 4.69) is 10.6 Å². The molecule has 1 aliphatic rings. The molecule has 0 bridgehead atoms. The second-order valence-corrected chi connectivity index (χ2v) is 4.12. The van der Waals surface area contributed by atoms with Crippen molar-refractivity contribution in [1.82, 2.24) is 10.6 Å². The summed E-state index contributed by atoms with van der Waals surface area (Å²) in [6.45, 7) is 0. The first-order valence-corrected chi connectivity index (χ1v) is 5.88. The molecule has 0 spiro atoms. The van der Waals surface area contributed by atoms with E-state index in [1.54, 1.807) is 0 Å². The molecule has 0 aromatic heterocycles. The molecule has 4 heteroatoms. The summed E-state index contributed by atoms with van der Waals surface area (Å²) in [5.74, 6) is -0.813. The maximum Gasteiger partial charge on any atom is 0.305 e. The van der Waals surface area contributed by atoms with Crippen molar-refractivity contribution < 1.29 is 9.90 Å². The number of aliphatic carboxylic acids is 1. The van der Waals surface area contributed by atoms with Crippen molar-refractivity contribution in [3.8, 4) is 0 Å². The van der Waals surface area contributed by atoms with Crippen LogP contribution in [0.25, 0.3) is 0 Å². The van der Waals surface area contributed by atoms with Crippen molar-refractivity contribution in [2.75, 3.05) is 0 Å².